The maximum absolute atomic E-state index is 9.72. The summed E-state index contributed by atoms with van der Waals surface area (Å²) in [4.78, 5) is 0. The lowest BCUT2D eigenvalue weighted by Crippen LogP contribution is -2.50. The zero-order valence-corrected chi connectivity index (χ0v) is 13.1. The van der Waals surface area contributed by atoms with Crippen LogP contribution in [0.25, 0.3) is 0 Å². The number of ether oxygens (including phenoxy) is 1. The Labute approximate surface area is 122 Å². The summed E-state index contributed by atoms with van der Waals surface area (Å²) in [6, 6.07) is 6.67. The Morgan fingerprint density at radius 3 is 2.75 bits per heavy atom. The molecule has 0 aliphatic heterocycles. The minimum atomic E-state index is -0.169. The van der Waals surface area contributed by atoms with E-state index in [1.54, 1.807) is 0 Å². The Kier molecular flexibility index (Phi) is 4.71. The molecule has 0 aromatic heterocycles. The number of hydrogen-bond donors (Lipinski definition) is 2. The summed E-state index contributed by atoms with van der Waals surface area (Å²) < 4.78 is 6.15. The number of aliphatic hydroxyl groups is 1. The maximum Gasteiger partial charge on any atom is 0.122 e. The van der Waals surface area contributed by atoms with E-state index in [9.17, 15) is 5.11 Å². The quantitative estimate of drug-likeness (QED) is 0.869. The summed E-state index contributed by atoms with van der Waals surface area (Å²) >= 11 is 0. The van der Waals surface area contributed by atoms with E-state index in [0.717, 1.165) is 25.0 Å². The van der Waals surface area contributed by atoms with Gasteiger partial charge in [0, 0.05) is 18.0 Å². The van der Waals surface area contributed by atoms with E-state index in [-0.39, 0.29) is 18.2 Å². The summed E-state index contributed by atoms with van der Waals surface area (Å²) in [5.74, 6) is 0.971. The fraction of sp³-hybridized carbons (Fsp3) is 0.647. The van der Waals surface area contributed by atoms with Gasteiger partial charge in [-0.1, -0.05) is 31.5 Å². The van der Waals surface area contributed by atoms with E-state index in [4.69, 9.17) is 4.74 Å². The molecule has 20 heavy (non-hydrogen) atoms. The molecule has 1 aliphatic rings. The van der Waals surface area contributed by atoms with Crippen LogP contribution in [-0.4, -0.2) is 29.4 Å². The largest absolute Gasteiger partial charge is 0.490 e. The SMILES string of the molecule is Cc1ccc(OC2CCC(CO)(NC(C)C)C2)c(C)c1. The lowest BCUT2D eigenvalue weighted by Gasteiger charge is -2.31. The van der Waals surface area contributed by atoms with Crippen LogP contribution in [0.2, 0.25) is 0 Å². The van der Waals surface area contributed by atoms with E-state index < -0.39 is 0 Å². The van der Waals surface area contributed by atoms with Gasteiger partial charge in [-0.15, -0.1) is 0 Å². The minimum Gasteiger partial charge on any atom is -0.490 e. The van der Waals surface area contributed by atoms with Crippen LogP contribution in [-0.2, 0) is 0 Å². The van der Waals surface area contributed by atoms with Crippen LogP contribution < -0.4 is 10.1 Å². The molecule has 112 valence electrons. The van der Waals surface area contributed by atoms with Gasteiger partial charge in [0.15, 0.2) is 0 Å². The molecule has 0 radical (unpaired) electrons. The Hall–Kier alpha value is -1.06. The van der Waals surface area contributed by atoms with E-state index in [2.05, 4.69) is 51.2 Å². The molecule has 2 rings (SSSR count). The zero-order chi connectivity index (χ0) is 14.8. The van der Waals surface area contributed by atoms with Gasteiger partial charge in [0.1, 0.15) is 11.9 Å². The van der Waals surface area contributed by atoms with Crippen molar-refractivity contribution in [1.29, 1.82) is 0 Å². The second kappa shape index (κ2) is 6.15. The first-order valence-electron chi connectivity index (χ1n) is 7.56. The van der Waals surface area contributed by atoms with Crippen LogP contribution >= 0.6 is 0 Å². The molecule has 3 heteroatoms. The topological polar surface area (TPSA) is 41.5 Å². The number of aryl methyl sites for hydroxylation is 2. The number of hydrogen-bond acceptors (Lipinski definition) is 3. The smallest absolute Gasteiger partial charge is 0.122 e. The zero-order valence-electron chi connectivity index (χ0n) is 13.1. The molecule has 1 aliphatic carbocycles. The average Bonchev–Trinajstić information content (AvgIpc) is 2.76. The highest BCUT2D eigenvalue weighted by Gasteiger charge is 2.40. The third-order valence-corrected chi connectivity index (χ3v) is 4.08. The highest BCUT2D eigenvalue weighted by Crippen LogP contribution is 2.34. The molecule has 1 aromatic carbocycles. The van der Waals surface area contributed by atoms with Crippen molar-refractivity contribution in [3.63, 3.8) is 0 Å². The summed E-state index contributed by atoms with van der Waals surface area (Å²) in [6.07, 6.45) is 3.02. The first-order chi connectivity index (χ1) is 9.44. The second-order valence-corrected chi connectivity index (χ2v) is 6.49. The number of aliphatic hydroxyl groups excluding tert-OH is 1. The Morgan fingerprint density at radius 1 is 1.40 bits per heavy atom. The molecule has 0 saturated heterocycles. The van der Waals surface area contributed by atoms with Crippen molar-refractivity contribution in [2.75, 3.05) is 6.61 Å². The van der Waals surface area contributed by atoms with Crippen molar-refractivity contribution in [1.82, 2.24) is 5.32 Å². The Morgan fingerprint density at radius 2 is 2.15 bits per heavy atom. The van der Waals surface area contributed by atoms with Crippen LogP contribution in [0.4, 0.5) is 0 Å². The van der Waals surface area contributed by atoms with Crippen LogP contribution in [0, 0.1) is 13.8 Å². The van der Waals surface area contributed by atoms with Crippen molar-refractivity contribution in [3.8, 4) is 5.75 Å². The summed E-state index contributed by atoms with van der Waals surface area (Å²) in [5.41, 5.74) is 2.27. The van der Waals surface area contributed by atoms with Crippen molar-refractivity contribution in [3.05, 3.63) is 29.3 Å². The first-order valence-corrected chi connectivity index (χ1v) is 7.56. The van der Waals surface area contributed by atoms with Crippen molar-refractivity contribution in [2.45, 2.75) is 64.6 Å². The van der Waals surface area contributed by atoms with Gasteiger partial charge in [-0.25, -0.2) is 0 Å². The minimum absolute atomic E-state index is 0.169. The van der Waals surface area contributed by atoms with E-state index in [1.165, 1.54) is 11.1 Å². The molecule has 0 amide bonds. The van der Waals surface area contributed by atoms with Crippen LogP contribution in [0.15, 0.2) is 18.2 Å². The molecule has 2 N–H and O–H groups in total. The first kappa shape index (κ1) is 15.3. The number of benzene rings is 1. The van der Waals surface area contributed by atoms with Crippen molar-refractivity contribution < 1.29 is 9.84 Å². The van der Waals surface area contributed by atoms with Gasteiger partial charge in [-0.2, -0.15) is 0 Å². The fourth-order valence-electron chi connectivity index (χ4n) is 3.22. The molecule has 3 nitrogen and oxygen atoms in total. The molecule has 0 bridgehead atoms. The van der Waals surface area contributed by atoms with Gasteiger partial charge in [-0.05, 0) is 38.3 Å². The molecule has 2 atom stereocenters. The van der Waals surface area contributed by atoms with Gasteiger partial charge < -0.3 is 15.2 Å². The highest BCUT2D eigenvalue weighted by atomic mass is 16.5. The third-order valence-electron chi connectivity index (χ3n) is 4.08. The average molecular weight is 277 g/mol. The van der Waals surface area contributed by atoms with Gasteiger partial charge in [-0.3, -0.25) is 0 Å². The molecule has 1 fully saturated rings. The van der Waals surface area contributed by atoms with Crippen LogP contribution in [0.3, 0.4) is 0 Å². The lowest BCUT2D eigenvalue weighted by molar-refractivity contribution is 0.133. The highest BCUT2D eigenvalue weighted by molar-refractivity contribution is 5.35. The Balaban J connectivity index is 2.02. The predicted octanol–water partition coefficient (Wildman–Crippen LogP) is 2.96. The van der Waals surface area contributed by atoms with Gasteiger partial charge >= 0.3 is 0 Å². The van der Waals surface area contributed by atoms with Gasteiger partial charge in [0.05, 0.1) is 6.61 Å². The molecule has 1 aromatic rings. The second-order valence-electron chi connectivity index (χ2n) is 6.49. The van der Waals surface area contributed by atoms with E-state index in [0.29, 0.717) is 6.04 Å². The van der Waals surface area contributed by atoms with E-state index in [1.807, 2.05) is 0 Å². The van der Waals surface area contributed by atoms with Crippen molar-refractivity contribution >= 4 is 0 Å². The van der Waals surface area contributed by atoms with Gasteiger partial charge in [0.25, 0.3) is 0 Å². The summed E-state index contributed by atoms with van der Waals surface area (Å²) in [7, 11) is 0. The van der Waals surface area contributed by atoms with E-state index >= 15 is 0 Å². The summed E-state index contributed by atoms with van der Waals surface area (Å²) in [6.45, 7) is 8.60. The fourth-order valence-corrected chi connectivity index (χ4v) is 3.22. The van der Waals surface area contributed by atoms with Gasteiger partial charge in [0.2, 0.25) is 0 Å². The monoisotopic (exact) mass is 277 g/mol. The third kappa shape index (κ3) is 3.53. The number of rotatable bonds is 5. The molecular formula is C17H27NO2. The number of nitrogens with one attached hydrogen (secondary N) is 1. The molecule has 0 spiro atoms. The lowest BCUT2D eigenvalue weighted by atomic mass is 9.97. The van der Waals surface area contributed by atoms with Crippen LogP contribution in [0.1, 0.15) is 44.2 Å². The Bertz CT molecular complexity index is 458. The normalized spacial score (nSPS) is 26.2. The molecular weight excluding hydrogens is 250 g/mol. The van der Waals surface area contributed by atoms with Crippen LogP contribution in [0.5, 0.6) is 5.75 Å². The summed E-state index contributed by atoms with van der Waals surface area (Å²) in [5, 5.41) is 13.2. The molecule has 2 unspecified atom stereocenters. The maximum atomic E-state index is 9.72. The van der Waals surface area contributed by atoms with Crippen molar-refractivity contribution in [2.24, 2.45) is 0 Å². The molecule has 1 saturated carbocycles. The predicted molar refractivity (Wildman–Crippen MR) is 82.3 cm³/mol. The molecule has 0 heterocycles. The standard InChI is InChI=1S/C17H27NO2/c1-12(2)18-17(11-19)8-7-15(10-17)20-16-6-5-13(3)9-14(16)4/h5-6,9,12,15,18-19H,7-8,10-11H2,1-4H3.